The number of sulfonamides is 1. The second-order valence-electron chi connectivity index (χ2n) is 6.25. The summed E-state index contributed by atoms with van der Waals surface area (Å²) >= 11 is 0. The molecule has 1 atom stereocenters. The number of benzene rings is 1. The molecule has 1 heterocycles. The van der Waals surface area contributed by atoms with Gasteiger partial charge in [0.05, 0.1) is 4.90 Å². The first kappa shape index (κ1) is 18.9. The van der Waals surface area contributed by atoms with Crippen LogP contribution < -0.4 is 10.6 Å². The molecule has 7 heteroatoms. The second-order valence-corrected chi connectivity index (χ2v) is 8.19. The molecule has 0 aromatic heterocycles. The average molecular weight is 353 g/mol. The summed E-state index contributed by atoms with van der Waals surface area (Å²) in [5.41, 5.74) is 0.965. The number of aryl methyl sites for hydroxylation is 1. The summed E-state index contributed by atoms with van der Waals surface area (Å²) < 4.78 is 26.4. The van der Waals surface area contributed by atoms with Crippen molar-refractivity contribution < 1.29 is 13.2 Å². The highest BCUT2D eigenvalue weighted by Gasteiger charge is 2.26. The zero-order valence-corrected chi connectivity index (χ0v) is 15.2. The summed E-state index contributed by atoms with van der Waals surface area (Å²) in [6.45, 7) is 3.81. The summed E-state index contributed by atoms with van der Waals surface area (Å²) in [5.74, 6) is 0.00543. The second kappa shape index (κ2) is 8.60. The van der Waals surface area contributed by atoms with Gasteiger partial charge in [-0.25, -0.2) is 8.42 Å². The number of nitrogens with one attached hydrogen (secondary N) is 2. The van der Waals surface area contributed by atoms with E-state index in [0.717, 1.165) is 18.4 Å². The Kier molecular flexibility index (Phi) is 6.77. The van der Waals surface area contributed by atoms with E-state index in [-0.39, 0.29) is 11.9 Å². The van der Waals surface area contributed by atoms with E-state index < -0.39 is 10.0 Å². The van der Waals surface area contributed by atoms with Gasteiger partial charge in [0, 0.05) is 32.1 Å². The van der Waals surface area contributed by atoms with Crippen LogP contribution in [0.25, 0.3) is 0 Å². The van der Waals surface area contributed by atoms with Crippen LogP contribution in [0.15, 0.2) is 29.2 Å². The Labute approximate surface area is 144 Å². The van der Waals surface area contributed by atoms with Crippen LogP contribution in [0.3, 0.4) is 0 Å². The van der Waals surface area contributed by atoms with Crippen LogP contribution in [0.4, 0.5) is 0 Å². The minimum Gasteiger partial charge on any atom is -0.355 e. The normalized spacial score (nSPS) is 16.9. The molecule has 1 aromatic rings. The minimum absolute atomic E-state index is 0.00543. The van der Waals surface area contributed by atoms with Crippen LogP contribution in [-0.2, 0) is 21.2 Å². The fourth-order valence-corrected chi connectivity index (χ4v) is 4.14. The molecule has 2 rings (SSSR count). The molecule has 0 radical (unpaired) electrons. The quantitative estimate of drug-likeness (QED) is 0.734. The third kappa shape index (κ3) is 5.03. The van der Waals surface area contributed by atoms with Crippen LogP contribution in [0.2, 0.25) is 0 Å². The standard InChI is InChI=1S/C17H27N3O3S/c1-14(18-2)13-19-17(21)10-7-15-5-8-16(9-6-15)24(22,23)20-11-3-4-12-20/h5-6,8-9,14,18H,3-4,7,10-13H2,1-2H3,(H,19,21). The predicted octanol–water partition coefficient (Wildman–Crippen LogP) is 1.13. The van der Waals surface area contributed by atoms with Crippen molar-refractivity contribution in [3.8, 4) is 0 Å². The Hall–Kier alpha value is -1.44. The maximum Gasteiger partial charge on any atom is 0.243 e. The van der Waals surface area contributed by atoms with Crippen molar-refractivity contribution in [1.29, 1.82) is 0 Å². The highest BCUT2D eigenvalue weighted by molar-refractivity contribution is 7.89. The van der Waals surface area contributed by atoms with Gasteiger partial charge in [-0.3, -0.25) is 4.79 Å². The smallest absolute Gasteiger partial charge is 0.243 e. The average Bonchev–Trinajstić information content (AvgIpc) is 3.13. The van der Waals surface area contributed by atoms with Crippen molar-refractivity contribution in [2.75, 3.05) is 26.7 Å². The van der Waals surface area contributed by atoms with E-state index in [9.17, 15) is 13.2 Å². The fourth-order valence-electron chi connectivity index (χ4n) is 2.62. The lowest BCUT2D eigenvalue weighted by Crippen LogP contribution is -2.37. The molecule has 1 aromatic carbocycles. The third-order valence-electron chi connectivity index (χ3n) is 4.37. The van der Waals surface area contributed by atoms with Gasteiger partial charge in [0.1, 0.15) is 0 Å². The number of rotatable bonds is 8. The SMILES string of the molecule is CNC(C)CNC(=O)CCc1ccc(S(=O)(=O)N2CCCC2)cc1. The topological polar surface area (TPSA) is 78.5 Å². The zero-order valence-electron chi connectivity index (χ0n) is 14.4. The number of hydrogen-bond acceptors (Lipinski definition) is 4. The molecular weight excluding hydrogens is 326 g/mol. The van der Waals surface area contributed by atoms with Gasteiger partial charge < -0.3 is 10.6 Å². The Morgan fingerprint density at radius 1 is 1.21 bits per heavy atom. The van der Waals surface area contributed by atoms with Crippen LogP contribution in [0, 0.1) is 0 Å². The van der Waals surface area contributed by atoms with Crippen LogP contribution in [0.1, 0.15) is 31.7 Å². The number of amides is 1. The van der Waals surface area contributed by atoms with Crippen molar-refractivity contribution in [2.45, 2.75) is 43.5 Å². The largest absolute Gasteiger partial charge is 0.355 e. The first-order chi connectivity index (χ1) is 11.4. The molecule has 2 N–H and O–H groups in total. The van der Waals surface area contributed by atoms with Crippen molar-refractivity contribution in [1.82, 2.24) is 14.9 Å². The van der Waals surface area contributed by atoms with E-state index in [4.69, 9.17) is 0 Å². The van der Waals surface area contributed by atoms with E-state index in [0.29, 0.717) is 37.4 Å². The number of likely N-dealkylation sites (N-methyl/N-ethyl adjacent to an activating group) is 1. The predicted molar refractivity (Wildman–Crippen MR) is 94.3 cm³/mol. The Morgan fingerprint density at radius 3 is 2.42 bits per heavy atom. The molecule has 0 spiro atoms. The Balaban J connectivity index is 1.87. The molecule has 1 aliphatic rings. The lowest BCUT2D eigenvalue weighted by atomic mass is 10.1. The highest BCUT2D eigenvalue weighted by Crippen LogP contribution is 2.21. The summed E-state index contributed by atoms with van der Waals surface area (Å²) in [6.07, 6.45) is 2.86. The molecule has 0 bridgehead atoms. The van der Waals surface area contributed by atoms with Crippen molar-refractivity contribution in [2.24, 2.45) is 0 Å². The number of hydrogen-bond donors (Lipinski definition) is 2. The molecule has 0 aliphatic carbocycles. The first-order valence-electron chi connectivity index (χ1n) is 8.46. The minimum atomic E-state index is -3.36. The van der Waals surface area contributed by atoms with Gasteiger partial charge in [0.15, 0.2) is 0 Å². The molecule has 1 aliphatic heterocycles. The van der Waals surface area contributed by atoms with E-state index >= 15 is 0 Å². The van der Waals surface area contributed by atoms with Gasteiger partial charge in [0.2, 0.25) is 15.9 Å². The molecule has 1 fully saturated rings. The first-order valence-corrected chi connectivity index (χ1v) is 9.90. The molecule has 1 amide bonds. The van der Waals surface area contributed by atoms with Gasteiger partial charge in [-0.1, -0.05) is 12.1 Å². The van der Waals surface area contributed by atoms with E-state index in [1.54, 1.807) is 28.6 Å². The third-order valence-corrected chi connectivity index (χ3v) is 6.28. The zero-order chi connectivity index (χ0) is 17.6. The Bertz CT molecular complexity index is 638. The van der Waals surface area contributed by atoms with Crippen LogP contribution in [0.5, 0.6) is 0 Å². The van der Waals surface area contributed by atoms with Gasteiger partial charge in [-0.15, -0.1) is 0 Å². The monoisotopic (exact) mass is 353 g/mol. The van der Waals surface area contributed by atoms with Gasteiger partial charge >= 0.3 is 0 Å². The van der Waals surface area contributed by atoms with Crippen molar-refractivity contribution in [3.63, 3.8) is 0 Å². The molecule has 0 saturated carbocycles. The van der Waals surface area contributed by atoms with Gasteiger partial charge in [0.25, 0.3) is 0 Å². The number of carbonyl (C=O) groups excluding carboxylic acids is 1. The lowest BCUT2D eigenvalue weighted by molar-refractivity contribution is -0.121. The van der Waals surface area contributed by atoms with Crippen LogP contribution >= 0.6 is 0 Å². The number of nitrogens with zero attached hydrogens (tertiary/aromatic N) is 1. The molecule has 6 nitrogen and oxygen atoms in total. The number of carbonyl (C=O) groups is 1. The molecule has 1 saturated heterocycles. The molecular formula is C17H27N3O3S. The molecule has 134 valence electrons. The molecule has 24 heavy (non-hydrogen) atoms. The fraction of sp³-hybridized carbons (Fsp3) is 0.588. The highest BCUT2D eigenvalue weighted by atomic mass is 32.2. The van der Waals surface area contributed by atoms with Gasteiger partial charge in [-0.2, -0.15) is 4.31 Å². The lowest BCUT2D eigenvalue weighted by Gasteiger charge is -2.15. The van der Waals surface area contributed by atoms with E-state index in [1.807, 2.05) is 14.0 Å². The van der Waals surface area contributed by atoms with E-state index in [1.165, 1.54) is 0 Å². The summed E-state index contributed by atoms with van der Waals surface area (Å²) in [7, 11) is -1.50. The maximum atomic E-state index is 12.4. The molecule has 1 unspecified atom stereocenters. The summed E-state index contributed by atoms with van der Waals surface area (Å²) in [6, 6.07) is 7.12. The van der Waals surface area contributed by atoms with Crippen molar-refractivity contribution in [3.05, 3.63) is 29.8 Å². The Morgan fingerprint density at radius 2 is 1.83 bits per heavy atom. The summed E-state index contributed by atoms with van der Waals surface area (Å²) in [5, 5.41) is 5.93. The van der Waals surface area contributed by atoms with Crippen molar-refractivity contribution >= 4 is 15.9 Å². The summed E-state index contributed by atoms with van der Waals surface area (Å²) in [4.78, 5) is 12.1. The van der Waals surface area contributed by atoms with E-state index in [2.05, 4.69) is 10.6 Å². The van der Waals surface area contributed by atoms with Gasteiger partial charge in [-0.05, 0) is 50.9 Å². The van der Waals surface area contributed by atoms with Crippen LogP contribution in [-0.4, -0.2) is 51.4 Å². The maximum absolute atomic E-state index is 12.4.